The van der Waals surface area contributed by atoms with Gasteiger partial charge in [0, 0.05) is 18.7 Å². The number of aliphatic hydroxyl groups is 1. The zero-order valence-electron chi connectivity index (χ0n) is 11.1. The molecule has 18 heavy (non-hydrogen) atoms. The van der Waals surface area contributed by atoms with Gasteiger partial charge >= 0.3 is 0 Å². The summed E-state index contributed by atoms with van der Waals surface area (Å²) in [7, 11) is 1.58. The van der Waals surface area contributed by atoms with Crippen LogP contribution in [-0.4, -0.2) is 36.6 Å². The maximum Gasteiger partial charge on any atom is 0.120 e. The van der Waals surface area contributed by atoms with Gasteiger partial charge in [-0.2, -0.15) is 0 Å². The first-order valence-corrected chi connectivity index (χ1v) is 6.37. The van der Waals surface area contributed by atoms with Crippen molar-refractivity contribution in [3.8, 4) is 5.75 Å². The standard InChI is InChI=1S/C14H23NO3/c1-3-13(12-6-4-5-7-14(12)17)15-9-8-11(16)10-18-2/h4-7,11,13,15-17H,3,8-10H2,1-2H3. The Hall–Kier alpha value is -1.10. The van der Waals surface area contributed by atoms with E-state index in [1.54, 1.807) is 13.2 Å². The number of hydrogen-bond acceptors (Lipinski definition) is 4. The molecule has 0 aliphatic heterocycles. The zero-order chi connectivity index (χ0) is 13.4. The van der Waals surface area contributed by atoms with Crippen LogP contribution in [-0.2, 0) is 4.74 Å². The molecular formula is C14H23NO3. The van der Waals surface area contributed by atoms with E-state index >= 15 is 0 Å². The number of phenols is 1. The molecule has 2 unspecified atom stereocenters. The predicted molar refractivity (Wildman–Crippen MR) is 71.6 cm³/mol. The topological polar surface area (TPSA) is 61.7 Å². The van der Waals surface area contributed by atoms with Crippen molar-refractivity contribution >= 4 is 0 Å². The molecule has 0 aromatic heterocycles. The van der Waals surface area contributed by atoms with Gasteiger partial charge in [-0.3, -0.25) is 0 Å². The summed E-state index contributed by atoms with van der Waals surface area (Å²) in [6, 6.07) is 7.45. The van der Waals surface area contributed by atoms with Gasteiger partial charge in [0.15, 0.2) is 0 Å². The second-order valence-corrected chi connectivity index (χ2v) is 4.37. The van der Waals surface area contributed by atoms with E-state index in [0.29, 0.717) is 25.3 Å². The summed E-state index contributed by atoms with van der Waals surface area (Å²) in [5, 5.41) is 22.7. The van der Waals surface area contributed by atoms with Gasteiger partial charge in [-0.05, 0) is 25.5 Å². The summed E-state index contributed by atoms with van der Waals surface area (Å²) in [5.41, 5.74) is 0.904. The molecule has 0 spiro atoms. The van der Waals surface area contributed by atoms with Crippen LogP contribution < -0.4 is 5.32 Å². The van der Waals surface area contributed by atoms with Crippen molar-refractivity contribution in [2.75, 3.05) is 20.3 Å². The van der Waals surface area contributed by atoms with Gasteiger partial charge in [0.05, 0.1) is 12.7 Å². The van der Waals surface area contributed by atoms with Crippen molar-refractivity contribution in [2.45, 2.75) is 31.9 Å². The summed E-state index contributed by atoms with van der Waals surface area (Å²) < 4.78 is 4.87. The fraction of sp³-hybridized carbons (Fsp3) is 0.571. The smallest absolute Gasteiger partial charge is 0.120 e. The highest BCUT2D eigenvalue weighted by Gasteiger charge is 2.12. The van der Waals surface area contributed by atoms with Gasteiger partial charge in [0.1, 0.15) is 5.75 Å². The van der Waals surface area contributed by atoms with E-state index in [1.807, 2.05) is 18.2 Å². The van der Waals surface area contributed by atoms with Crippen LogP contribution in [0, 0.1) is 0 Å². The minimum atomic E-state index is -0.440. The van der Waals surface area contributed by atoms with E-state index in [2.05, 4.69) is 12.2 Å². The molecule has 1 aromatic rings. The minimum Gasteiger partial charge on any atom is -0.508 e. The summed E-state index contributed by atoms with van der Waals surface area (Å²) in [6.07, 6.45) is 1.08. The minimum absolute atomic E-state index is 0.112. The number of methoxy groups -OCH3 is 1. The number of hydrogen-bond donors (Lipinski definition) is 3. The van der Waals surface area contributed by atoms with E-state index in [9.17, 15) is 10.2 Å². The van der Waals surface area contributed by atoms with Crippen LogP contribution in [0.3, 0.4) is 0 Å². The lowest BCUT2D eigenvalue weighted by molar-refractivity contribution is 0.0589. The Morgan fingerprint density at radius 1 is 1.33 bits per heavy atom. The molecule has 0 amide bonds. The lowest BCUT2D eigenvalue weighted by atomic mass is 10.0. The molecule has 0 bridgehead atoms. The van der Waals surface area contributed by atoms with Crippen LogP contribution in [0.5, 0.6) is 5.75 Å². The first-order valence-electron chi connectivity index (χ1n) is 6.37. The number of rotatable bonds is 8. The Bertz CT molecular complexity index is 344. The molecule has 0 radical (unpaired) electrons. The van der Waals surface area contributed by atoms with Crippen LogP contribution in [0.15, 0.2) is 24.3 Å². The van der Waals surface area contributed by atoms with Gasteiger partial charge in [0.2, 0.25) is 0 Å². The molecule has 0 saturated carbocycles. The maximum atomic E-state index is 9.80. The second-order valence-electron chi connectivity index (χ2n) is 4.37. The molecule has 0 saturated heterocycles. The molecule has 0 heterocycles. The summed E-state index contributed by atoms with van der Waals surface area (Å²) in [4.78, 5) is 0. The second kappa shape index (κ2) is 8.08. The number of nitrogens with one attached hydrogen (secondary N) is 1. The summed E-state index contributed by atoms with van der Waals surface area (Å²) >= 11 is 0. The first kappa shape index (κ1) is 15.0. The average molecular weight is 253 g/mol. The van der Waals surface area contributed by atoms with Crippen LogP contribution in [0.4, 0.5) is 0 Å². The Morgan fingerprint density at radius 2 is 2.06 bits per heavy atom. The summed E-state index contributed by atoms with van der Waals surface area (Å²) in [5.74, 6) is 0.314. The van der Waals surface area contributed by atoms with Crippen molar-refractivity contribution in [1.82, 2.24) is 5.32 Å². The van der Waals surface area contributed by atoms with Crippen LogP contribution in [0.1, 0.15) is 31.4 Å². The van der Waals surface area contributed by atoms with E-state index in [-0.39, 0.29) is 6.04 Å². The van der Waals surface area contributed by atoms with Crippen LogP contribution in [0.2, 0.25) is 0 Å². The molecule has 4 nitrogen and oxygen atoms in total. The highest BCUT2D eigenvalue weighted by atomic mass is 16.5. The molecular weight excluding hydrogens is 230 g/mol. The number of ether oxygens (including phenoxy) is 1. The molecule has 1 rings (SSSR count). The lowest BCUT2D eigenvalue weighted by Gasteiger charge is -2.19. The van der Waals surface area contributed by atoms with Gasteiger partial charge < -0.3 is 20.3 Å². The molecule has 2 atom stereocenters. The largest absolute Gasteiger partial charge is 0.508 e. The summed E-state index contributed by atoms with van der Waals surface area (Å²) in [6.45, 7) is 3.11. The molecule has 4 heteroatoms. The number of benzene rings is 1. The first-order chi connectivity index (χ1) is 8.69. The molecule has 3 N–H and O–H groups in total. The highest BCUT2D eigenvalue weighted by Crippen LogP contribution is 2.25. The normalized spacial score (nSPS) is 14.4. The number of phenolic OH excluding ortho intramolecular Hbond substituents is 1. The van der Waals surface area contributed by atoms with Crippen molar-refractivity contribution in [3.05, 3.63) is 29.8 Å². The van der Waals surface area contributed by atoms with Crippen molar-refractivity contribution in [3.63, 3.8) is 0 Å². The maximum absolute atomic E-state index is 9.80. The lowest BCUT2D eigenvalue weighted by Crippen LogP contribution is -2.26. The molecule has 0 fully saturated rings. The van der Waals surface area contributed by atoms with E-state index < -0.39 is 6.10 Å². The fourth-order valence-corrected chi connectivity index (χ4v) is 1.96. The van der Waals surface area contributed by atoms with Gasteiger partial charge in [-0.25, -0.2) is 0 Å². The highest BCUT2D eigenvalue weighted by molar-refractivity contribution is 5.34. The number of aromatic hydroxyl groups is 1. The Labute approximate surface area is 109 Å². The predicted octanol–water partition coefficient (Wildman–Crippen LogP) is 1.83. The van der Waals surface area contributed by atoms with Crippen LogP contribution in [0.25, 0.3) is 0 Å². The number of para-hydroxylation sites is 1. The Kier molecular flexibility index (Phi) is 6.72. The third kappa shape index (κ3) is 4.64. The SMILES string of the molecule is CCC(NCCC(O)COC)c1ccccc1O. The van der Waals surface area contributed by atoms with Crippen molar-refractivity contribution in [2.24, 2.45) is 0 Å². The van der Waals surface area contributed by atoms with E-state index in [0.717, 1.165) is 12.0 Å². The van der Waals surface area contributed by atoms with Crippen molar-refractivity contribution < 1.29 is 14.9 Å². The van der Waals surface area contributed by atoms with E-state index in [1.165, 1.54) is 0 Å². The molecule has 0 aliphatic carbocycles. The number of aliphatic hydroxyl groups excluding tert-OH is 1. The monoisotopic (exact) mass is 253 g/mol. The molecule has 0 aliphatic rings. The third-order valence-electron chi connectivity index (χ3n) is 2.95. The molecule has 1 aromatic carbocycles. The average Bonchev–Trinajstić information content (AvgIpc) is 2.36. The van der Waals surface area contributed by atoms with E-state index in [4.69, 9.17) is 4.74 Å². The molecule has 102 valence electrons. The quantitative estimate of drug-likeness (QED) is 0.661. The zero-order valence-corrected chi connectivity index (χ0v) is 11.1. The Balaban J connectivity index is 2.46. The Morgan fingerprint density at radius 3 is 2.67 bits per heavy atom. The van der Waals surface area contributed by atoms with Crippen LogP contribution >= 0.6 is 0 Å². The third-order valence-corrected chi connectivity index (χ3v) is 2.95. The fourth-order valence-electron chi connectivity index (χ4n) is 1.96. The van der Waals surface area contributed by atoms with Crippen molar-refractivity contribution in [1.29, 1.82) is 0 Å². The van der Waals surface area contributed by atoms with Gasteiger partial charge in [0.25, 0.3) is 0 Å². The van der Waals surface area contributed by atoms with Gasteiger partial charge in [-0.15, -0.1) is 0 Å². The van der Waals surface area contributed by atoms with Gasteiger partial charge in [-0.1, -0.05) is 25.1 Å².